The highest BCUT2D eigenvalue weighted by atomic mass is 35.5. The minimum atomic E-state index is -5.31. The Balaban J connectivity index is 1.20. The van der Waals surface area contributed by atoms with E-state index in [1.165, 1.54) is 42.7 Å². The standard InChI is InChI=1S/C43H35ClN10O18S7/c1-21-25(20-45)41-46-27-7-3-4-8-32(27)54(41)42(55)38(21)52-49-29-16-26(44)28(17-34(29)72-9-5-11-75(56,57)58)48-51-31-18-33(71-2)30(19-35(31)73-10-6-12-76(59,60)61)50-53-43-47-39-37(79(68,69)70)15-23-24(40(39)74-43)13-22(77(62,63)64)14-36(23)78(65,66)67/h3-4,7-8,13-19,55H,5-6,9-12H2,1-2H3,(H,56,57,58)(H,59,60,61)(H,62,63,64)(H,65,66,67)(H,68,69,70). The number of thiazole rings is 1. The zero-order valence-electron chi connectivity index (χ0n) is 39.9. The minimum absolute atomic E-state index is 0.0262. The number of aromatic nitrogens is 3. The summed E-state index contributed by atoms with van der Waals surface area (Å²) >= 11 is 8.25. The molecule has 0 aliphatic rings. The van der Waals surface area contributed by atoms with Crippen molar-refractivity contribution in [2.24, 2.45) is 30.7 Å². The number of nitrogens with zero attached hydrogens (tertiary/aromatic N) is 10. The number of hydrogen-bond acceptors (Lipinski definition) is 24. The topological polar surface area (TPSA) is 439 Å². The van der Waals surface area contributed by atoms with E-state index < -0.39 is 93.6 Å². The summed E-state index contributed by atoms with van der Waals surface area (Å²) in [6.07, 6.45) is -0.289. The molecule has 28 nitrogen and oxygen atoms in total. The van der Waals surface area contributed by atoms with Crippen molar-refractivity contribution in [3.63, 3.8) is 0 Å². The minimum Gasteiger partial charge on any atom is -0.494 e. The fourth-order valence-electron chi connectivity index (χ4n) is 7.55. The van der Waals surface area contributed by atoms with Gasteiger partial charge in [-0.3, -0.25) is 27.2 Å². The van der Waals surface area contributed by atoms with Crippen molar-refractivity contribution >= 4 is 157 Å². The van der Waals surface area contributed by atoms with Crippen LogP contribution in [0.15, 0.2) is 117 Å². The maximum absolute atomic E-state index is 12.6. The van der Waals surface area contributed by atoms with Crippen molar-refractivity contribution in [2.45, 2.75) is 39.3 Å². The Labute approximate surface area is 459 Å². The van der Waals surface area contributed by atoms with Crippen LogP contribution >= 0.6 is 34.7 Å². The molecule has 0 aliphatic carbocycles. The number of rotatable bonds is 20. The van der Waals surface area contributed by atoms with Crippen LogP contribution in [-0.2, 0) is 50.6 Å². The van der Waals surface area contributed by atoms with Gasteiger partial charge in [0, 0.05) is 33.4 Å². The SMILES string of the molecule is COc1cc(N=Nc2cc(OCCCS(=O)(=O)O)c(N=Nc3c(C)c(C#N)c4nc5ccccc5n4c3O)cc2Cl)c(SCCCS(=O)(=O)O)cc1N=Nc1nc2c(S(=O)(=O)O)cc3c(S(=O)(=O)O)cc(S(=O)(=O)O)cc3c2s1. The Morgan fingerprint density at radius 3 is 2.01 bits per heavy atom. The molecule has 8 aromatic rings. The average molecular weight is 1240 g/mol. The van der Waals surface area contributed by atoms with E-state index in [1.54, 1.807) is 24.3 Å². The van der Waals surface area contributed by atoms with Gasteiger partial charge in [0.1, 0.15) is 61.2 Å². The molecule has 414 valence electrons. The van der Waals surface area contributed by atoms with E-state index in [-0.39, 0.29) is 107 Å². The summed E-state index contributed by atoms with van der Waals surface area (Å²) in [5.41, 5.74) is 0.492. The third kappa shape index (κ3) is 13.1. The molecule has 8 rings (SSSR count). The van der Waals surface area contributed by atoms with Crippen molar-refractivity contribution in [3.8, 4) is 23.4 Å². The van der Waals surface area contributed by atoms with Gasteiger partial charge in [-0.05, 0) is 68.0 Å². The summed E-state index contributed by atoms with van der Waals surface area (Å²) in [5.74, 6) is -1.86. The lowest BCUT2D eigenvalue weighted by molar-refractivity contribution is 0.317. The first-order valence-electron chi connectivity index (χ1n) is 21.8. The van der Waals surface area contributed by atoms with Crippen LogP contribution in [0.5, 0.6) is 17.4 Å². The number of benzene rings is 5. The van der Waals surface area contributed by atoms with Gasteiger partial charge in [-0.1, -0.05) is 35.1 Å². The molecule has 0 aliphatic heterocycles. The lowest BCUT2D eigenvalue weighted by Gasteiger charge is -2.12. The molecule has 0 bridgehead atoms. The van der Waals surface area contributed by atoms with Crippen molar-refractivity contribution < 1.29 is 79.4 Å². The summed E-state index contributed by atoms with van der Waals surface area (Å²) in [5, 5.41) is 45.6. The number of azo groups is 3. The van der Waals surface area contributed by atoms with E-state index in [0.29, 0.717) is 34.5 Å². The van der Waals surface area contributed by atoms with E-state index in [0.717, 1.165) is 17.8 Å². The molecular weight excluding hydrogens is 1200 g/mol. The molecule has 0 fully saturated rings. The Bertz CT molecular complexity index is 4590. The molecule has 0 spiro atoms. The number of ether oxygens (including phenoxy) is 2. The first kappa shape index (κ1) is 58.2. The second-order valence-corrected chi connectivity index (χ2v) is 26.2. The number of thioether (sulfide) groups is 1. The summed E-state index contributed by atoms with van der Waals surface area (Å²) < 4.78 is 182. The molecule has 0 atom stereocenters. The van der Waals surface area contributed by atoms with Gasteiger partial charge >= 0.3 is 0 Å². The molecule has 3 aromatic heterocycles. The molecule has 0 radical (unpaired) electrons. The smallest absolute Gasteiger partial charge is 0.296 e. The van der Waals surface area contributed by atoms with Crippen LogP contribution in [0.4, 0.5) is 33.6 Å². The molecule has 3 heterocycles. The summed E-state index contributed by atoms with van der Waals surface area (Å²) in [7, 11) is -23.2. The fourth-order valence-corrected chi connectivity index (χ4v) is 12.9. The van der Waals surface area contributed by atoms with Crippen LogP contribution in [0, 0.1) is 18.3 Å². The van der Waals surface area contributed by atoms with E-state index in [1.807, 2.05) is 0 Å². The zero-order valence-corrected chi connectivity index (χ0v) is 46.4. The first-order chi connectivity index (χ1) is 37.0. The van der Waals surface area contributed by atoms with Gasteiger partial charge in [0.05, 0.1) is 50.9 Å². The number of aromatic hydroxyl groups is 1. The molecule has 0 unspecified atom stereocenters. The third-order valence-corrected chi connectivity index (χ3v) is 17.7. The van der Waals surface area contributed by atoms with Gasteiger partial charge in [-0.15, -0.1) is 42.4 Å². The Hall–Kier alpha value is -6.92. The maximum Gasteiger partial charge on any atom is 0.296 e. The number of methoxy groups -OCH3 is 1. The predicted molar refractivity (Wildman–Crippen MR) is 286 cm³/mol. The van der Waals surface area contributed by atoms with Crippen LogP contribution in [0.1, 0.15) is 24.0 Å². The number of imidazole rings is 1. The Kier molecular flexibility index (Phi) is 16.4. The van der Waals surface area contributed by atoms with Crippen LogP contribution in [-0.4, -0.2) is 115 Å². The highest BCUT2D eigenvalue weighted by Gasteiger charge is 2.28. The monoisotopic (exact) mass is 1240 g/mol. The normalized spacial score (nSPS) is 13.1. The van der Waals surface area contributed by atoms with E-state index in [2.05, 4.69) is 46.7 Å². The second kappa shape index (κ2) is 22.3. The molecule has 36 heteroatoms. The third-order valence-electron chi connectivity index (χ3n) is 11.1. The molecule has 5 aromatic carbocycles. The zero-order chi connectivity index (χ0) is 57.6. The molecule has 6 N–H and O–H groups in total. The number of pyridine rings is 1. The molecule has 0 saturated heterocycles. The molecule has 79 heavy (non-hydrogen) atoms. The van der Waals surface area contributed by atoms with Crippen molar-refractivity contribution in [1.29, 1.82) is 5.26 Å². The second-order valence-electron chi connectivity index (χ2n) is 16.4. The average Bonchev–Trinajstić information content (AvgIpc) is 4.05. The number of hydrogen-bond donors (Lipinski definition) is 6. The van der Waals surface area contributed by atoms with Gasteiger partial charge in [0.2, 0.25) is 11.0 Å². The molecular formula is C43H35ClN10O18S7. The lowest BCUT2D eigenvalue weighted by atomic mass is 10.1. The van der Waals surface area contributed by atoms with E-state index in [4.69, 9.17) is 21.1 Å². The molecule has 0 amide bonds. The fraction of sp³-hybridized carbons (Fsp3) is 0.186. The maximum atomic E-state index is 12.6. The first-order valence-corrected chi connectivity index (χ1v) is 31.5. The van der Waals surface area contributed by atoms with Crippen LogP contribution < -0.4 is 9.47 Å². The number of para-hydroxylation sites is 2. The van der Waals surface area contributed by atoms with Crippen molar-refractivity contribution in [1.82, 2.24) is 14.4 Å². The van der Waals surface area contributed by atoms with Crippen LogP contribution in [0.3, 0.4) is 0 Å². The number of halogens is 1. The van der Waals surface area contributed by atoms with Gasteiger partial charge in [-0.25, -0.2) is 9.97 Å². The Morgan fingerprint density at radius 1 is 0.722 bits per heavy atom. The predicted octanol–water partition coefficient (Wildman–Crippen LogP) is 9.81. The van der Waals surface area contributed by atoms with Gasteiger partial charge in [-0.2, -0.15) is 47.4 Å². The van der Waals surface area contributed by atoms with Crippen molar-refractivity contribution in [2.75, 3.05) is 31.0 Å². The number of nitriles is 1. The summed E-state index contributed by atoms with van der Waals surface area (Å²) in [4.78, 5) is 5.69. The number of fused-ring (bicyclic) bond motifs is 6. The van der Waals surface area contributed by atoms with Gasteiger partial charge in [0.25, 0.3) is 50.6 Å². The van der Waals surface area contributed by atoms with Crippen LogP contribution in [0.25, 0.3) is 37.7 Å². The summed E-state index contributed by atoms with van der Waals surface area (Å²) in [6, 6.07) is 15.8. The largest absolute Gasteiger partial charge is 0.494 e. The summed E-state index contributed by atoms with van der Waals surface area (Å²) in [6.45, 7) is 1.21. The van der Waals surface area contributed by atoms with Crippen LogP contribution in [0.2, 0.25) is 5.02 Å². The highest BCUT2D eigenvalue weighted by Crippen LogP contribution is 2.46. The molecule has 0 saturated carbocycles. The lowest BCUT2D eigenvalue weighted by Crippen LogP contribution is -2.08. The highest BCUT2D eigenvalue weighted by molar-refractivity contribution is 7.99. The van der Waals surface area contributed by atoms with Gasteiger partial charge in [0.15, 0.2) is 11.3 Å². The van der Waals surface area contributed by atoms with Crippen molar-refractivity contribution in [3.05, 3.63) is 82.9 Å². The van der Waals surface area contributed by atoms with Gasteiger partial charge < -0.3 is 14.6 Å². The quantitative estimate of drug-likeness (QED) is 0.0179. The Morgan fingerprint density at radius 2 is 1.35 bits per heavy atom. The van der Waals surface area contributed by atoms with E-state index in [9.17, 15) is 75.2 Å². The van der Waals surface area contributed by atoms with E-state index >= 15 is 0 Å².